The molecule has 1 amide bonds. The van der Waals surface area contributed by atoms with Crippen LogP contribution in [0.15, 0.2) is 46.9 Å². The van der Waals surface area contributed by atoms with Gasteiger partial charge in [-0.3, -0.25) is 4.79 Å². The Balaban J connectivity index is 2.09. The molecule has 0 aliphatic carbocycles. The fourth-order valence-corrected chi connectivity index (χ4v) is 2.26. The highest BCUT2D eigenvalue weighted by molar-refractivity contribution is 9.10. The number of amides is 1. The number of hydrogen-bond donors (Lipinski definition) is 1. The van der Waals surface area contributed by atoms with E-state index in [0.29, 0.717) is 21.5 Å². The van der Waals surface area contributed by atoms with E-state index in [1.54, 1.807) is 44.2 Å². The molecule has 2 aromatic rings. The lowest BCUT2D eigenvalue weighted by Crippen LogP contribution is -2.42. The molecule has 0 atom stereocenters. The van der Waals surface area contributed by atoms with E-state index in [1.165, 1.54) is 0 Å². The van der Waals surface area contributed by atoms with E-state index >= 15 is 0 Å². The average molecular weight is 403 g/mol. The molecule has 0 radical (unpaired) electrons. The Morgan fingerprint density at radius 2 is 1.73 bits per heavy atom. The molecule has 3 nitrogen and oxygen atoms in total. The molecule has 116 valence electrons. The number of hydrogen-bond acceptors (Lipinski definition) is 2. The molecule has 0 heterocycles. The first-order valence-corrected chi connectivity index (χ1v) is 8.04. The molecule has 6 heteroatoms. The van der Waals surface area contributed by atoms with Crippen molar-refractivity contribution < 1.29 is 9.53 Å². The van der Waals surface area contributed by atoms with Crippen molar-refractivity contribution in [3.05, 3.63) is 57.0 Å². The predicted octanol–water partition coefficient (Wildman–Crippen LogP) is 5.55. The summed E-state index contributed by atoms with van der Waals surface area (Å²) < 4.78 is 6.70. The van der Waals surface area contributed by atoms with Gasteiger partial charge in [0.1, 0.15) is 5.75 Å². The maximum atomic E-state index is 12.4. The lowest BCUT2D eigenvalue weighted by atomic mass is 10.1. The van der Waals surface area contributed by atoms with E-state index in [1.807, 2.05) is 12.1 Å². The van der Waals surface area contributed by atoms with Crippen LogP contribution in [0.3, 0.4) is 0 Å². The lowest BCUT2D eigenvalue weighted by molar-refractivity contribution is -0.128. The number of ether oxygens (including phenoxy) is 1. The first-order chi connectivity index (χ1) is 10.3. The minimum absolute atomic E-state index is 0.284. The molecule has 0 aromatic heterocycles. The van der Waals surface area contributed by atoms with Crippen molar-refractivity contribution >= 4 is 50.7 Å². The summed E-state index contributed by atoms with van der Waals surface area (Å²) in [6, 6.07) is 12.2. The summed E-state index contributed by atoms with van der Waals surface area (Å²) in [5, 5.41) is 3.58. The summed E-state index contributed by atoms with van der Waals surface area (Å²) >= 11 is 15.1. The molecule has 0 saturated heterocycles. The summed E-state index contributed by atoms with van der Waals surface area (Å²) in [5.41, 5.74) is -0.480. The van der Waals surface area contributed by atoms with Gasteiger partial charge in [-0.25, -0.2) is 0 Å². The number of nitrogens with one attached hydrogen (secondary N) is 1. The van der Waals surface area contributed by atoms with Gasteiger partial charge in [0.25, 0.3) is 5.91 Å². The quantitative estimate of drug-likeness (QED) is 0.727. The van der Waals surface area contributed by atoms with Gasteiger partial charge in [0.15, 0.2) is 5.60 Å². The van der Waals surface area contributed by atoms with Gasteiger partial charge >= 0.3 is 0 Å². The van der Waals surface area contributed by atoms with Crippen LogP contribution in [0.1, 0.15) is 13.8 Å². The highest BCUT2D eigenvalue weighted by Crippen LogP contribution is 2.26. The average Bonchev–Trinajstić information content (AvgIpc) is 2.45. The molecule has 0 unspecified atom stereocenters. The summed E-state index contributed by atoms with van der Waals surface area (Å²) in [6.45, 7) is 3.39. The Morgan fingerprint density at radius 3 is 2.32 bits per heavy atom. The second-order valence-electron chi connectivity index (χ2n) is 5.15. The molecular formula is C16H14BrCl2NO2. The van der Waals surface area contributed by atoms with Crippen LogP contribution in [-0.4, -0.2) is 11.5 Å². The molecule has 0 saturated carbocycles. The van der Waals surface area contributed by atoms with Crippen LogP contribution in [0.2, 0.25) is 10.0 Å². The van der Waals surface area contributed by atoms with Gasteiger partial charge in [0, 0.05) is 10.2 Å². The second-order valence-corrected chi connectivity index (χ2v) is 6.88. The smallest absolute Gasteiger partial charge is 0.267 e. The van der Waals surface area contributed by atoms with Gasteiger partial charge < -0.3 is 10.1 Å². The van der Waals surface area contributed by atoms with E-state index in [-0.39, 0.29) is 5.91 Å². The number of carbonyl (C=O) groups is 1. The monoisotopic (exact) mass is 401 g/mol. The third-order valence-electron chi connectivity index (χ3n) is 2.91. The first kappa shape index (κ1) is 17.1. The summed E-state index contributed by atoms with van der Waals surface area (Å²) in [5.74, 6) is 0.325. The highest BCUT2D eigenvalue weighted by Gasteiger charge is 2.30. The molecule has 0 spiro atoms. The number of anilines is 1. The molecule has 2 aromatic carbocycles. The van der Waals surface area contributed by atoms with Crippen LogP contribution < -0.4 is 10.1 Å². The summed E-state index contributed by atoms with van der Waals surface area (Å²) in [4.78, 5) is 12.4. The predicted molar refractivity (Wildman–Crippen MR) is 93.9 cm³/mol. The maximum absolute atomic E-state index is 12.4. The van der Waals surface area contributed by atoms with E-state index in [9.17, 15) is 4.79 Å². The summed E-state index contributed by atoms with van der Waals surface area (Å²) in [6.07, 6.45) is 0. The number of rotatable bonds is 4. The Labute approximate surface area is 147 Å². The SMILES string of the molecule is CC(C)(Oc1ccc(Br)cc1)C(=O)Nc1ccc(Cl)c(Cl)c1. The van der Waals surface area contributed by atoms with Gasteiger partial charge in [-0.05, 0) is 56.3 Å². The van der Waals surface area contributed by atoms with E-state index in [2.05, 4.69) is 21.2 Å². The minimum atomic E-state index is -1.04. The largest absolute Gasteiger partial charge is 0.478 e. The van der Waals surface area contributed by atoms with Crippen LogP contribution >= 0.6 is 39.1 Å². The van der Waals surface area contributed by atoms with Crippen molar-refractivity contribution in [3.63, 3.8) is 0 Å². The van der Waals surface area contributed by atoms with Gasteiger partial charge in [-0.15, -0.1) is 0 Å². The van der Waals surface area contributed by atoms with E-state index in [0.717, 1.165) is 4.47 Å². The third-order valence-corrected chi connectivity index (χ3v) is 4.18. The van der Waals surface area contributed by atoms with E-state index in [4.69, 9.17) is 27.9 Å². The second kappa shape index (κ2) is 6.90. The topological polar surface area (TPSA) is 38.3 Å². The Hall–Kier alpha value is -1.23. The van der Waals surface area contributed by atoms with Crippen molar-refractivity contribution in [1.82, 2.24) is 0 Å². The Kier molecular flexibility index (Phi) is 5.37. The van der Waals surface area contributed by atoms with Gasteiger partial charge in [-0.2, -0.15) is 0 Å². The minimum Gasteiger partial charge on any atom is -0.478 e. The van der Waals surface area contributed by atoms with Crippen molar-refractivity contribution in [2.24, 2.45) is 0 Å². The zero-order valence-electron chi connectivity index (χ0n) is 12.0. The molecule has 0 fully saturated rings. The van der Waals surface area contributed by atoms with E-state index < -0.39 is 5.60 Å². The van der Waals surface area contributed by atoms with Crippen LogP contribution in [0.25, 0.3) is 0 Å². The number of benzene rings is 2. The first-order valence-electron chi connectivity index (χ1n) is 6.49. The van der Waals surface area contributed by atoms with Crippen LogP contribution in [-0.2, 0) is 4.79 Å². The molecule has 1 N–H and O–H groups in total. The lowest BCUT2D eigenvalue weighted by Gasteiger charge is -2.25. The molecule has 0 bridgehead atoms. The third kappa shape index (κ3) is 4.38. The van der Waals surface area contributed by atoms with Gasteiger partial charge in [0.05, 0.1) is 10.0 Å². The van der Waals surface area contributed by atoms with Crippen LogP contribution in [0.5, 0.6) is 5.75 Å². The molecule has 0 aliphatic rings. The normalized spacial score (nSPS) is 11.1. The fraction of sp³-hybridized carbons (Fsp3) is 0.188. The zero-order valence-corrected chi connectivity index (χ0v) is 15.1. The fourth-order valence-electron chi connectivity index (χ4n) is 1.70. The van der Waals surface area contributed by atoms with Crippen LogP contribution in [0, 0.1) is 0 Å². The standard InChI is InChI=1S/C16H14BrCl2NO2/c1-16(2,22-12-6-3-10(17)4-7-12)15(21)20-11-5-8-13(18)14(19)9-11/h3-9H,1-2H3,(H,20,21). The molecular weight excluding hydrogens is 389 g/mol. The maximum Gasteiger partial charge on any atom is 0.267 e. The van der Waals surface area contributed by atoms with Crippen molar-refractivity contribution in [1.29, 1.82) is 0 Å². The Morgan fingerprint density at radius 1 is 1.09 bits per heavy atom. The molecule has 2 rings (SSSR count). The van der Waals surface area contributed by atoms with Crippen LogP contribution in [0.4, 0.5) is 5.69 Å². The van der Waals surface area contributed by atoms with Gasteiger partial charge in [0.2, 0.25) is 0 Å². The Bertz CT molecular complexity index is 687. The zero-order chi connectivity index (χ0) is 16.3. The van der Waals surface area contributed by atoms with Crippen molar-refractivity contribution in [3.8, 4) is 5.75 Å². The molecule has 22 heavy (non-hydrogen) atoms. The van der Waals surface area contributed by atoms with Crippen molar-refractivity contribution in [2.45, 2.75) is 19.4 Å². The van der Waals surface area contributed by atoms with Gasteiger partial charge in [-0.1, -0.05) is 39.1 Å². The highest BCUT2D eigenvalue weighted by atomic mass is 79.9. The number of halogens is 3. The number of carbonyl (C=O) groups excluding carboxylic acids is 1. The molecule has 0 aliphatic heterocycles. The summed E-state index contributed by atoms with van der Waals surface area (Å²) in [7, 11) is 0. The van der Waals surface area contributed by atoms with Crippen molar-refractivity contribution in [2.75, 3.05) is 5.32 Å².